The first-order valence-electron chi connectivity index (χ1n) is 6.47. The van der Waals surface area contributed by atoms with Crippen LogP contribution < -0.4 is 16.0 Å². The minimum Gasteiger partial charge on any atom is -0.306 e. The topological polar surface area (TPSA) is 102 Å². The maximum Gasteiger partial charge on any atom is 0.260 e. The first-order chi connectivity index (χ1) is 9.53. The van der Waals surface area contributed by atoms with Gasteiger partial charge in [0.1, 0.15) is 0 Å². The van der Waals surface area contributed by atoms with Crippen molar-refractivity contribution in [1.29, 1.82) is 0 Å². The fourth-order valence-electron chi connectivity index (χ4n) is 2.69. The van der Waals surface area contributed by atoms with E-state index in [4.69, 9.17) is 5.84 Å². The molecule has 1 fully saturated rings. The third-order valence-electron chi connectivity index (χ3n) is 3.78. The predicted molar refractivity (Wildman–Crippen MR) is 78.0 cm³/mol. The number of nitrogens with two attached hydrogens (primary N) is 1. The van der Waals surface area contributed by atoms with Crippen molar-refractivity contribution in [2.45, 2.75) is 37.3 Å². The van der Waals surface area contributed by atoms with Gasteiger partial charge in [0.05, 0.1) is 0 Å². The second kappa shape index (κ2) is 4.99. The maximum atomic E-state index is 12.6. The number of nitrogens with one attached hydrogen (secondary N) is 2. The lowest BCUT2D eigenvalue weighted by molar-refractivity contribution is 0.475. The Morgan fingerprint density at radius 2 is 2.30 bits per heavy atom. The second-order valence-electron chi connectivity index (χ2n) is 5.10. The van der Waals surface area contributed by atoms with Crippen molar-refractivity contribution in [3.05, 3.63) is 11.6 Å². The number of hydrogen-bond acceptors (Lipinski definition) is 6. The molecule has 0 radical (unpaired) electrons. The number of hydrazine groups is 1. The van der Waals surface area contributed by atoms with Gasteiger partial charge in [-0.25, -0.2) is 19.0 Å². The molecule has 7 nitrogen and oxygen atoms in total. The van der Waals surface area contributed by atoms with E-state index in [2.05, 4.69) is 22.1 Å². The molecule has 0 bridgehead atoms. The van der Waals surface area contributed by atoms with Crippen molar-refractivity contribution in [2.24, 2.45) is 11.8 Å². The van der Waals surface area contributed by atoms with Gasteiger partial charge in [-0.15, -0.1) is 11.3 Å². The van der Waals surface area contributed by atoms with Crippen molar-refractivity contribution in [2.75, 3.05) is 5.43 Å². The molecule has 2 heterocycles. The van der Waals surface area contributed by atoms with Gasteiger partial charge in [-0.05, 0) is 18.8 Å². The zero-order valence-electron chi connectivity index (χ0n) is 11.0. The van der Waals surface area contributed by atoms with Gasteiger partial charge in [0.25, 0.3) is 10.0 Å². The summed E-state index contributed by atoms with van der Waals surface area (Å²) in [6.07, 6.45) is 4.66. The van der Waals surface area contributed by atoms with Crippen LogP contribution in [0.15, 0.2) is 16.6 Å². The number of sulfonamides is 1. The van der Waals surface area contributed by atoms with Crippen molar-refractivity contribution in [3.8, 4) is 0 Å². The Bertz CT molecular complexity index is 720. The first kappa shape index (κ1) is 13.8. The first-order valence-corrected chi connectivity index (χ1v) is 8.83. The van der Waals surface area contributed by atoms with Gasteiger partial charge in [-0.3, -0.25) is 4.40 Å². The molecule has 110 valence electrons. The largest absolute Gasteiger partial charge is 0.306 e. The van der Waals surface area contributed by atoms with Crippen molar-refractivity contribution in [3.63, 3.8) is 0 Å². The van der Waals surface area contributed by atoms with Gasteiger partial charge in [0.15, 0.2) is 10.8 Å². The van der Waals surface area contributed by atoms with E-state index in [-0.39, 0.29) is 16.9 Å². The Hall–Kier alpha value is -1.16. The van der Waals surface area contributed by atoms with Crippen LogP contribution in [0.25, 0.3) is 4.96 Å². The van der Waals surface area contributed by atoms with Gasteiger partial charge >= 0.3 is 0 Å². The molecule has 0 spiro atoms. The molecule has 1 aliphatic rings. The molecular formula is C11H17N5O2S2. The minimum absolute atomic E-state index is 0.0187. The van der Waals surface area contributed by atoms with Crippen LogP contribution in [-0.2, 0) is 10.0 Å². The molecule has 1 aliphatic carbocycles. The van der Waals surface area contributed by atoms with Gasteiger partial charge < -0.3 is 5.43 Å². The van der Waals surface area contributed by atoms with Crippen LogP contribution in [0.4, 0.5) is 5.82 Å². The molecule has 2 atom stereocenters. The highest BCUT2D eigenvalue weighted by atomic mass is 32.2. The number of imidazole rings is 1. The minimum atomic E-state index is -3.66. The summed E-state index contributed by atoms with van der Waals surface area (Å²) in [6.45, 7) is 2.07. The Labute approximate surface area is 121 Å². The highest BCUT2D eigenvalue weighted by Gasteiger charge is 2.32. The molecule has 0 saturated heterocycles. The summed E-state index contributed by atoms with van der Waals surface area (Å²) in [7, 11) is -3.66. The summed E-state index contributed by atoms with van der Waals surface area (Å²) in [5, 5.41) is 1.87. The number of nitrogens with zero attached hydrogens (tertiary/aromatic N) is 2. The number of anilines is 1. The summed E-state index contributed by atoms with van der Waals surface area (Å²) in [4.78, 5) is 4.77. The standard InChI is InChI=1S/C11H17N5O2S2/c1-7-3-2-4-8(7)15-20(17,18)10-9(14-12)13-11-16(10)5-6-19-11/h5-8,14-15H,2-4,12H2,1H3. The average Bonchev–Trinajstić information content (AvgIpc) is 3.04. The number of nitrogen functional groups attached to an aromatic ring is 1. The third-order valence-corrected chi connectivity index (χ3v) is 6.05. The summed E-state index contributed by atoms with van der Waals surface area (Å²) in [5.74, 6) is 5.92. The Morgan fingerprint density at radius 3 is 2.95 bits per heavy atom. The van der Waals surface area contributed by atoms with E-state index in [1.165, 1.54) is 11.3 Å². The molecule has 2 unspecified atom stereocenters. The number of hydrogen-bond donors (Lipinski definition) is 3. The van der Waals surface area contributed by atoms with E-state index in [1.54, 1.807) is 16.0 Å². The number of thiazole rings is 1. The molecular weight excluding hydrogens is 298 g/mol. The van der Waals surface area contributed by atoms with Crippen LogP contribution in [-0.4, -0.2) is 23.8 Å². The lowest BCUT2D eigenvalue weighted by Crippen LogP contribution is -2.37. The maximum absolute atomic E-state index is 12.6. The van der Waals surface area contributed by atoms with Gasteiger partial charge in [0.2, 0.25) is 5.03 Å². The quantitative estimate of drug-likeness (QED) is 0.580. The van der Waals surface area contributed by atoms with E-state index < -0.39 is 10.0 Å². The van der Waals surface area contributed by atoms with Crippen LogP contribution in [0, 0.1) is 5.92 Å². The molecule has 9 heteroatoms. The lowest BCUT2D eigenvalue weighted by Gasteiger charge is -2.17. The Morgan fingerprint density at radius 1 is 1.50 bits per heavy atom. The van der Waals surface area contributed by atoms with Crippen molar-refractivity contribution in [1.82, 2.24) is 14.1 Å². The normalized spacial score (nSPS) is 23.5. The second-order valence-corrected chi connectivity index (χ2v) is 7.60. The highest BCUT2D eigenvalue weighted by Crippen LogP contribution is 2.29. The molecule has 0 amide bonds. The third kappa shape index (κ3) is 2.20. The molecule has 4 N–H and O–H groups in total. The van der Waals surface area contributed by atoms with Crippen LogP contribution in [0.5, 0.6) is 0 Å². The summed E-state index contributed by atoms with van der Waals surface area (Å²) in [6, 6.07) is -0.0187. The van der Waals surface area contributed by atoms with Crippen LogP contribution in [0.1, 0.15) is 26.2 Å². The Kier molecular flexibility index (Phi) is 3.44. The molecule has 0 aromatic carbocycles. The molecule has 0 aliphatic heterocycles. The fraction of sp³-hybridized carbons (Fsp3) is 0.545. The fourth-order valence-corrected chi connectivity index (χ4v) is 5.09. The van der Waals surface area contributed by atoms with E-state index in [9.17, 15) is 8.42 Å². The summed E-state index contributed by atoms with van der Waals surface area (Å²) < 4.78 is 29.6. The molecule has 1 saturated carbocycles. The van der Waals surface area contributed by atoms with Crippen LogP contribution in [0.3, 0.4) is 0 Å². The van der Waals surface area contributed by atoms with E-state index in [0.717, 1.165) is 19.3 Å². The zero-order chi connectivity index (χ0) is 14.3. The predicted octanol–water partition coefficient (Wildman–Crippen LogP) is 1.15. The molecule has 2 aromatic rings. The molecule has 2 aromatic heterocycles. The monoisotopic (exact) mass is 315 g/mol. The average molecular weight is 315 g/mol. The van der Waals surface area contributed by atoms with Crippen LogP contribution >= 0.6 is 11.3 Å². The Balaban J connectivity index is 2.01. The SMILES string of the molecule is CC1CCCC1NS(=O)(=O)c1c(NN)nc2sccn12. The number of fused-ring (bicyclic) bond motifs is 1. The van der Waals surface area contributed by atoms with E-state index in [1.807, 2.05) is 0 Å². The van der Waals surface area contributed by atoms with Crippen molar-refractivity contribution >= 4 is 32.1 Å². The zero-order valence-corrected chi connectivity index (χ0v) is 12.7. The molecule has 3 rings (SSSR count). The molecule has 20 heavy (non-hydrogen) atoms. The smallest absolute Gasteiger partial charge is 0.260 e. The summed E-state index contributed by atoms with van der Waals surface area (Å²) in [5.41, 5.74) is 2.37. The lowest BCUT2D eigenvalue weighted by atomic mass is 10.1. The van der Waals surface area contributed by atoms with Gasteiger partial charge in [-0.1, -0.05) is 13.3 Å². The van der Waals surface area contributed by atoms with Crippen molar-refractivity contribution < 1.29 is 8.42 Å². The van der Waals surface area contributed by atoms with E-state index in [0.29, 0.717) is 10.9 Å². The van der Waals surface area contributed by atoms with Gasteiger partial charge in [0, 0.05) is 17.6 Å². The highest BCUT2D eigenvalue weighted by molar-refractivity contribution is 7.89. The number of aromatic nitrogens is 2. The number of rotatable bonds is 4. The van der Waals surface area contributed by atoms with Crippen LogP contribution in [0.2, 0.25) is 0 Å². The van der Waals surface area contributed by atoms with E-state index >= 15 is 0 Å². The summed E-state index contributed by atoms with van der Waals surface area (Å²) >= 11 is 1.36. The van der Waals surface area contributed by atoms with Gasteiger partial charge in [-0.2, -0.15) is 4.98 Å².